The van der Waals surface area contributed by atoms with Crippen molar-refractivity contribution in [2.45, 2.75) is 25.2 Å². The molecule has 1 saturated heterocycles. The number of hydrogen-bond donors (Lipinski definition) is 3. The highest BCUT2D eigenvalue weighted by Crippen LogP contribution is 2.06. The summed E-state index contributed by atoms with van der Waals surface area (Å²) in [6.45, 7) is -0.0678. The standard InChI is InChI=1S/C15H18N2O5/c18-11-6-12(16-7-11)14(20)17-8-13(19)15(21)22-9-10-4-2-1-3-5-10/h1-5,11-12,16,18H,6-9H2,(H,17,20)/t11-,12+/m1/s1. The zero-order valence-corrected chi connectivity index (χ0v) is 12.0. The van der Waals surface area contributed by atoms with Crippen molar-refractivity contribution in [2.24, 2.45) is 0 Å². The van der Waals surface area contributed by atoms with Gasteiger partial charge in [0.1, 0.15) is 6.61 Å². The van der Waals surface area contributed by atoms with Crippen molar-refractivity contribution in [1.29, 1.82) is 0 Å². The predicted octanol–water partition coefficient (Wildman–Crippen LogP) is -0.862. The van der Waals surface area contributed by atoms with Gasteiger partial charge in [-0.05, 0) is 12.0 Å². The van der Waals surface area contributed by atoms with Crippen LogP contribution in [0.3, 0.4) is 0 Å². The molecule has 118 valence electrons. The largest absolute Gasteiger partial charge is 0.455 e. The SMILES string of the molecule is O=C(CNC(=O)[C@@H]1C[C@@H](O)CN1)C(=O)OCc1ccccc1. The Hall–Kier alpha value is -2.25. The van der Waals surface area contributed by atoms with E-state index in [4.69, 9.17) is 4.74 Å². The lowest BCUT2D eigenvalue weighted by atomic mass is 10.2. The molecule has 7 heteroatoms. The molecule has 0 saturated carbocycles. The predicted molar refractivity (Wildman–Crippen MR) is 76.7 cm³/mol. The van der Waals surface area contributed by atoms with Crippen molar-refractivity contribution in [2.75, 3.05) is 13.1 Å². The molecule has 1 amide bonds. The minimum Gasteiger partial charge on any atom is -0.455 e. The molecule has 2 atom stereocenters. The lowest BCUT2D eigenvalue weighted by Crippen LogP contribution is -2.43. The lowest BCUT2D eigenvalue weighted by Gasteiger charge is -2.10. The Morgan fingerprint density at radius 3 is 2.64 bits per heavy atom. The number of β-amino-alcohol motifs (C(OH)–C–C–N with tert-alkyl or cyclic N) is 1. The summed E-state index contributed by atoms with van der Waals surface area (Å²) in [5, 5.41) is 14.5. The number of esters is 1. The molecule has 1 fully saturated rings. The van der Waals surface area contributed by atoms with E-state index in [0.29, 0.717) is 13.0 Å². The molecule has 3 N–H and O–H groups in total. The quantitative estimate of drug-likeness (QED) is 0.466. The van der Waals surface area contributed by atoms with Gasteiger partial charge < -0.3 is 20.5 Å². The summed E-state index contributed by atoms with van der Waals surface area (Å²) in [5.74, 6) is -2.22. The number of nitrogens with one attached hydrogen (secondary N) is 2. The van der Waals surface area contributed by atoms with E-state index in [-0.39, 0.29) is 6.61 Å². The Balaban J connectivity index is 1.70. The molecule has 7 nitrogen and oxygen atoms in total. The third-order valence-corrected chi connectivity index (χ3v) is 3.29. The fourth-order valence-corrected chi connectivity index (χ4v) is 2.08. The lowest BCUT2D eigenvalue weighted by molar-refractivity contribution is -0.154. The third-order valence-electron chi connectivity index (χ3n) is 3.29. The first-order valence-electron chi connectivity index (χ1n) is 6.99. The summed E-state index contributed by atoms with van der Waals surface area (Å²) in [5.41, 5.74) is 0.775. The van der Waals surface area contributed by atoms with Gasteiger partial charge in [-0.15, -0.1) is 0 Å². The van der Waals surface area contributed by atoms with Gasteiger partial charge in [0.05, 0.1) is 18.7 Å². The van der Waals surface area contributed by atoms with Gasteiger partial charge in [0, 0.05) is 6.54 Å². The highest BCUT2D eigenvalue weighted by atomic mass is 16.5. The van der Waals surface area contributed by atoms with E-state index >= 15 is 0 Å². The molecule has 1 aliphatic rings. The van der Waals surface area contributed by atoms with Crippen LogP contribution in [0.4, 0.5) is 0 Å². The van der Waals surface area contributed by atoms with Crippen LogP contribution in [0, 0.1) is 0 Å². The zero-order chi connectivity index (χ0) is 15.9. The third kappa shape index (κ3) is 4.64. The van der Waals surface area contributed by atoms with Crippen LogP contribution in [0.5, 0.6) is 0 Å². The van der Waals surface area contributed by atoms with E-state index in [1.807, 2.05) is 6.07 Å². The second-order valence-electron chi connectivity index (χ2n) is 5.05. The first kappa shape index (κ1) is 16.1. The molecule has 1 heterocycles. The van der Waals surface area contributed by atoms with Crippen molar-refractivity contribution >= 4 is 17.7 Å². The van der Waals surface area contributed by atoms with Crippen LogP contribution in [0.15, 0.2) is 30.3 Å². The molecule has 0 aromatic heterocycles. The van der Waals surface area contributed by atoms with E-state index in [9.17, 15) is 19.5 Å². The van der Waals surface area contributed by atoms with E-state index < -0.39 is 36.4 Å². The first-order chi connectivity index (χ1) is 10.6. The number of Topliss-reactive ketones (excluding diaryl/α,β-unsaturated/α-hetero) is 1. The number of amides is 1. The molecule has 0 radical (unpaired) electrons. The fraction of sp³-hybridized carbons (Fsp3) is 0.400. The van der Waals surface area contributed by atoms with Gasteiger partial charge in [-0.1, -0.05) is 30.3 Å². The summed E-state index contributed by atoms with van der Waals surface area (Å²) >= 11 is 0. The fourth-order valence-electron chi connectivity index (χ4n) is 2.08. The molecular weight excluding hydrogens is 288 g/mol. The monoisotopic (exact) mass is 306 g/mol. The second kappa shape index (κ2) is 7.67. The smallest absolute Gasteiger partial charge is 0.376 e. The Bertz CT molecular complexity index is 546. The first-order valence-corrected chi connectivity index (χ1v) is 6.99. The number of ketones is 1. The van der Waals surface area contributed by atoms with Crippen molar-refractivity contribution < 1.29 is 24.2 Å². The molecule has 1 aliphatic heterocycles. The minimum atomic E-state index is -0.983. The minimum absolute atomic E-state index is 0.00966. The number of hydrogen-bond acceptors (Lipinski definition) is 6. The number of benzene rings is 1. The maximum Gasteiger partial charge on any atom is 0.376 e. The maximum absolute atomic E-state index is 11.7. The number of rotatable bonds is 6. The van der Waals surface area contributed by atoms with Crippen LogP contribution in [0.25, 0.3) is 0 Å². The van der Waals surface area contributed by atoms with Crippen molar-refractivity contribution in [1.82, 2.24) is 10.6 Å². The van der Waals surface area contributed by atoms with E-state index in [0.717, 1.165) is 5.56 Å². The summed E-state index contributed by atoms with van der Waals surface area (Å²) in [6.07, 6.45) is -0.277. The van der Waals surface area contributed by atoms with E-state index in [1.165, 1.54) is 0 Å². The van der Waals surface area contributed by atoms with Gasteiger partial charge in [0.25, 0.3) is 5.78 Å². The topological polar surface area (TPSA) is 105 Å². The average Bonchev–Trinajstić information content (AvgIpc) is 2.97. The summed E-state index contributed by atoms with van der Waals surface area (Å²) in [7, 11) is 0. The van der Waals surface area contributed by atoms with Gasteiger partial charge in [0.15, 0.2) is 0 Å². The number of aliphatic hydroxyl groups excluding tert-OH is 1. The number of aliphatic hydroxyl groups is 1. The highest BCUT2D eigenvalue weighted by Gasteiger charge is 2.28. The summed E-state index contributed by atoms with van der Waals surface area (Å²) in [4.78, 5) is 34.8. The van der Waals surface area contributed by atoms with Crippen LogP contribution in [0.1, 0.15) is 12.0 Å². The van der Waals surface area contributed by atoms with Crippen molar-refractivity contribution in [3.05, 3.63) is 35.9 Å². The molecule has 1 aromatic rings. The maximum atomic E-state index is 11.7. The molecule has 0 bridgehead atoms. The van der Waals surface area contributed by atoms with Crippen LogP contribution in [-0.4, -0.2) is 48.0 Å². The molecule has 0 aliphatic carbocycles. The average molecular weight is 306 g/mol. The van der Waals surface area contributed by atoms with Crippen LogP contribution < -0.4 is 10.6 Å². The van der Waals surface area contributed by atoms with Crippen LogP contribution >= 0.6 is 0 Å². The molecule has 0 unspecified atom stereocenters. The van der Waals surface area contributed by atoms with Gasteiger partial charge in [-0.3, -0.25) is 9.59 Å². The van der Waals surface area contributed by atoms with Gasteiger partial charge >= 0.3 is 5.97 Å². The Labute approximate surface area is 127 Å². The highest BCUT2D eigenvalue weighted by molar-refractivity contribution is 6.34. The number of ether oxygens (including phenoxy) is 1. The summed E-state index contributed by atoms with van der Waals surface area (Å²) < 4.78 is 4.87. The Morgan fingerprint density at radius 2 is 2.00 bits per heavy atom. The molecule has 0 spiro atoms. The van der Waals surface area contributed by atoms with Crippen LogP contribution in [-0.2, 0) is 25.7 Å². The molecule has 22 heavy (non-hydrogen) atoms. The normalized spacial score (nSPS) is 20.4. The van der Waals surface area contributed by atoms with Gasteiger partial charge in [-0.25, -0.2) is 4.79 Å². The summed E-state index contributed by atoms with van der Waals surface area (Å²) in [6, 6.07) is 8.44. The number of carbonyl (C=O) groups excluding carboxylic acids is 3. The number of carbonyl (C=O) groups is 3. The van der Waals surface area contributed by atoms with Crippen molar-refractivity contribution in [3.8, 4) is 0 Å². The molecule has 1 aromatic carbocycles. The van der Waals surface area contributed by atoms with Crippen LogP contribution in [0.2, 0.25) is 0 Å². The van der Waals surface area contributed by atoms with Crippen molar-refractivity contribution in [3.63, 3.8) is 0 Å². The Kier molecular flexibility index (Phi) is 5.62. The van der Waals surface area contributed by atoms with E-state index in [1.54, 1.807) is 24.3 Å². The second-order valence-corrected chi connectivity index (χ2v) is 5.05. The Morgan fingerprint density at radius 1 is 1.27 bits per heavy atom. The van der Waals surface area contributed by atoms with E-state index in [2.05, 4.69) is 10.6 Å². The molecule has 2 rings (SSSR count). The molecular formula is C15H18N2O5. The zero-order valence-electron chi connectivity index (χ0n) is 12.0. The van der Waals surface area contributed by atoms with Gasteiger partial charge in [-0.2, -0.15) is 0 Å². The van der Waals surface area contributed by atoms with Gasteiger partial charge in [0.2, 0.25) is 5.91 Å².